The molecule has 14 nitrogen and oxygen atoms in total. The molecule has 246 valence electrons. The third-order valence-electron chi connectivity index (χ3n) is 6.47. The maximum absolute atomic E-state index is 13.0. The van der Waals surface area contributed by atoms with Gasteiger partial charge in [-0.3, -0.25) is 14.0 Å². The predicted octanol–water partition coefficient (Wildman–Crippen LogP) is 1.78. The molecular formula is C29H43N3O11S. The van der Waals surface area contributed by atoms with Gasteiger partial charge in [-0.2, -0.15) is 8.42 Å². The number of amides is 1. The zero-order valence-electron chi connectivity index (χ0n) is 26.1. The highest BCUT2D eigenvalue weighted by atomic mass is 32.2. The first-order valence-corrected chi connectivity index (χ1v) is 15.7. The van der Waals surface area contributed by atoms with E-state index >= 15 is 0 Å². The van der Waals surface area contributed by atoms with E-state index in [0.29, 0.717) is 5.69 Å². The monoisotopic (exact) mass is 641 g/mol. The minimum atomic E-state index is -4.74. The van der Waals surface area contributed by atoms with Crippen LogP contribution < -0.4 is 10.5 Å². The largest absolute Gasteiger partial charge is 0.462 e. The quantitative estimate of drug-likeness (QED) is 0.180. The van der Waals surface area contributed by atoms with Crippen LogP contribution in [-0.2, 0) is 52.6 Å². The molecule has 2 fully saturated rings. The van der Waals surface area contributed by atoms with Crippen LogP contribution in [0, 0.1) is 5.92 Å². The van der Waals surface area contributed by atoms with Crippen molar-refractivity contribution in [3.63, 3.8) is 0 Å². The summed E-state index contributed by atoms with van der Waals surface area (Å²) in [5.74, 6) is -4.17. The fraction of sp³-hybridized carbons (Fsp3) is 0.655. The van der Waals surface area contributed by atoms with Gasteiger partial charge in [-0.25, -0.2) is 14.3 Å². The summed E-state index contributed by atoms with van der Waals surface area (Å²) in [6.45, 7) is 11.1. The second-order valence-electron chi connectivity index (χ2n) is 12.6. The van der Waals surface area contributed by atoms with Gasteiger partial charge in [0.2, 0.25) is 0 Å². The molecule has 5 atom stereocenters. The number of nitrogens with one attached hydrogen (secondary N) is 1. The van der Waals surface area contributed by atoms with E-state index in [2.05, 4.69) is 4.98 Å². The van der Waals surface area contributed by atoms with Crippen molar-refractivity contribution >= 4 is 34.2 Å². The number of carbonyl (C=O) groups excluding carboxylic acids is 3. The smallest absolute Gasteiger partial charge is 0.362 e. The molecular weight excluding hydrogens is 598 g/mol. The Labute approximate surface area is 258 Å². The van der Waals surface area contributed by atoms with Crippen molar-refractivity contribution in [1.82, 2.24) is 9.71 Å². The number of aromatic nitrogens is 1. The fourth-order valence-corrected chi connectivity index (χ4v) is 5.54. The van der Waals surface area contributed by atoms with Crippen molar-refractivity contribution in [3.8, 4) is 0 Å². The third kappa shape index (κ3) is 10.0. The van der Waals surface area contributed by atoms with Crippen molar-refractivity contribution in [1.29, 1.82) is 0 Å². The van der Waals surface area contributed by atoms with Gasteiger partial charge in [0.05, 0.1) is 25.0 Å². The average Bonchev–Trinajstić information content (AvgIpc) is 3.38. The summed E-state index contributed by atoms with van der Waals surface area (Å²) in [5.41, 5.74) is 3.49. The van der Waals surface area contributed by atoms with Crippen LogP contribution in [0.1, 0.15) is 67.0 Å². The Kier molecular flexibility index (Phi) is 11.3. The number of esters is 2. The molecule has 15 heteroatoms. The highest BCUT2D eigenvalue weighted by Gasteiger charge is 2.55. The van der Waals surface area contributed by atoms with E-state index < -0.39 is 76.1 Å². The van der Waals surface area contributed by atoms with Crippen molar-refractivity contribution in [2.24, 2.45) is 11.7 Å². The van der Waals surface area contributed by atoms with Crippen LogP contribution in [0.25, 0.3) is 6.08 Å². The molecule has 0 aliphatic carbocycles. The molecule has 3 rings (SSSR count). The standard InChI is InChI=1S/C29H43N3O11S/c1-18(2)16-29(30,26(35)43-27(3,4)5)25(34)32-44(36,37)39-17-21-24-23(41-28(6,7)42-24)20(40-21)13-15-38-22(33)12-11-19-10-8-9-14-31-19/h8-12,14,18,20-21,23-24H,13,15-17,30H2,1-7H3,(H,32,34). The first-order valence-electron chi connectivity index (χ1n) is 14.3. The van der Waals surface area contributed by atoms with E-state index in [1.165, 1.54) is 12.2 Å². The van der Waals surface area contributed by atoms with E-state index in [9.17, 15) is 22.8 Å². The summed E-state index contributed by atoms with van der Waals surface area (Å²) in [6, 6.07) is 5.29. The number of pyridine rings is 1. The first kappa shape index (κ1) is 35.5. The Morgan fingerprint density at radius 2 is 1.80 bits per heavy atom. The number of ether oxygens (including phenoxy) is 5. The van der Waals surface area contributed by atoms with E-state index in [4.69, 9.17) is 33.6 Å². The SMILES string of the molecule is CC(C)CC(N)(C(=O)NS(=O)(=O)OCC1OC(CCOC(=O)C=Cc2ccccn2)C2OC(C)(C)OC12)C(=O)OC(C)(C)C. The summed E-state index contributed by atoms with van der Waals surface area (Å²) >= 11 is 0. The van der Waals surface area contributed by atoms with E-state index in [1.807, 2.05) is 0 Å². The van der Waals surface area contributed by atoms with Gasteiger partial charge in [0.15, 0.2) is 11.3 Å². The molecule has 1 amide bonds. The van der Waals surface area contributed by atoms with Gasteiger partial charge in [0, 0.05) is 18.7 Å². The molecule has 44 heavy (non-hydrogen) atoms. The van der Waals surface area contributed by atoms with Crippen LogP contribution in [0.5, 0.6) is 0 Å². The van der Waals surface area contributed by atoms with Crippen LogP contribution in [0.15, 0.2) is 30.5 Å². The summed E-state index contributed by atoms with van der Waals surface area (Å²) in [6.07, 6.45) is 1.59. The summed E-state index contributed by atoms with van der Waals surface area (Å²) in [5, 5.41) is 0. The number of nitrogens with two attached hydrogens (primary N) is 1. The summed E-state index contributed by atoms with van der Waals surface area (Å²) in [7, 11) is -4.74. The minimum absolute atomic E-state index is 0.00982. The summed E-state index contributed by atoms with van der Waals surface area (Å²) in [4.78, 5) is 42.1. The Morgan fingerprint density at radius 1 is 1.14 bits per heavy atom. The van der Waals surface area contributed by atoms with Gasteiger partial charge >= 0.3 is 22.2 Å². The molecule has 0 aromatic carbocycles. The Hall–Kier alpha value is -2.95. The van der Waals surface area contributed by atoms with Crippen LogP contribution in [-0.4, -0.2) is 85.8 Å². The molecule has 2 saturated heterocycles. The highest BCUT2D eigenvalue weighted by Crippen LogP contribution is 2.40. The van der Waals surface area contributed by atoms with Gasteiger partial charge in [0.1, 0.15) is 23.9 Å². The molecule has 2 aliphatic rings. The predicted molar refractivity (Wildman–Crippen MR) is 157 cm³/mol. The number of nitrogens with zero attached hydrogens (tertiary/aromatic N) is 1. The van der Waals surface area contributed by atoms with Crippen molar-refractivity contribution < 1.29 is 50.7 Å². The molecule has 0 radical (unpaired) electrons. The Morgan fingerprint density at radius 3 is 2.39 bits per heavy atom. The van der Waals surface area contributed by atoms with E-state index in [-0.39, 0.29) is 25.4 Å². The molecule has 1 aromatic heterocycles. The lowest BCUT2D eigenvalue weighted by atomic mass is 9.89. The zero-order valence-corrected chi connectivity index (χ0v) is 26.9. The van der Waals surface area contributed by atoms with Crippen LogP contribution in [0.4, 0.5) is 0 Å². The van der Waals surface area contributed by atoms with E-state index in [1.54, 1.807) is 77.6 Å². The second kappa shape index (κ2) is 14.0. The zero-order chi connectivity index (χ0) is 32.9. The maximum atomic E-state index is 13.0. The fourth-order valence-electron chi connectivity index (χ4n) is 4.76. The van der Waals surface area contributed by atoms with Gasteiger partial charge < -0.3 is 29.4 Å². The van der Waals surface area contributed by atoms with Crippen LogP contribution in [0.3, 0.4) is 0 Å². The maximum Gasteiger partial charge on any atom is 0.362 e. The molecule has 0 bridgehead atoms. The third-order valence-corrected chi connectivity index (χ3v) is 7.36. The number of fused-ring (bicyclic) bond motifs is 1. The molecule has 2 aliphatic heterocycles. The molecule has 0 saturated carbocycles. The second-order valence-corrected chi connectivity index (χ2v) is 13.9. The molecule has 3 heterocycles. The number of rotatable bonds is 13. The van der Waals surface area contributed by atoms with Gasteiger partial charge in [0.25, 0.3) is 5.91 Å². The Balaban J connectivity index is 1.60. The van der Waals surface area contributed by atoms with Gasteiger partial charge in [-0.1, -0.05) is 19.9 Å². The lowest BCUT2D eigenvalue weighted by Crippen LogP contribution is -2.62. The summed E-state index contributed by atoms with van der Waals surface area (Å²) < 4.78 is 60.8. The lowest BCUT2D eigenvalue weighted by Gasteiger charge is -2.31. The average molecular weight is 642 g/mol. The molecule has 1 aromatic rings. The van der Waals surface area contributed by atoms with Crippen LogP contribution >= 0.6 is 0 Å². The first-order chi connectivity index (χ1) is 20.3. The number of hydrogen-bond acceptors (Lipinski definition) is 13. The van der Waals surface area contributed by atoms with Crippen molar-refractivity contribution in [3.05, 3.63) is 36.2 Å². The number of hydrogen-bond donors (Lipinski definition) is 2. The van der Waals surface area contributed by atoms with Gasteiger partial charge in [-0.05, 0) is 65.2 Å². The molecule has 0 spiro atoms. The molecule has 5 unspecified atom stereocenters. The topological polar surface area (TPSA) is 192 Å². The van der Waals surface area contributed by atoms with E-state index in [0.717, 1.165) is 0 Å². The minimum Gasteiger partial charge on any atom is -0.462 e. The lowest BCUT2D eigenvalue weighted by molar-refractivity contribution is -0.191. The normalized spacial score (nSPS) is 24.6. The van der Waals surface area contributed by atoms with Crippen molar-refractivity contribution in [2.45, 2.75) is 103 Å². The number of carbonyl (C=O) groups is 3. The Bertz CT molecular complexity index is 1310. The van der Waals surface area contributed by atoms with Crippen molar-refractivity contribution in [2.75, 3.05) is 13.2 Å². The highest BCUT2D eigenvalue weighted by molar-refractivity contribution is 7.85. The molecule has 3 N–H and O–H groups in total. The van der Waals surface area contributed by atoms with Gasteiger partial charge in [-0.15, -0.1) is 0 Å². The van der Waals surface area contributed by atoms with Crippen LogP contribution in [0.2, 0.25) is 0 Å².